The Morgan fingerprint density at radius 2 is 1.85 bits per heavy atom. The van der Waals surface area contributed by atoms with E-state index < -0.39 is 11.7 Å². The van der Waals surface area contributed by atoms with E-state index in [2.05, 4.69) is 5.32 Å². The lowest BCUT2D eigenvalue weighted by Crippen LogP contribution is -2.28. The van der Waals surface area contributed by atoms with Crippen molar-refractivity contribution in [2.45, 2.75) is 6.42 Å². The van der Waals surface area contributed by atoms with Gasteiger partial charge in [0.2, 0.25) is 11.8 Å². The highest BCUT2D eigenvalue weighted by atomic mass is 35.5. The fourth-order valence-corrected chi connectivity index (χ4v) is 3.18. The molecule has 0 saturated carbocycles. The van der Waals surface area contributed by atoms with Crippen LogP contribution in [0.15, 0.2) is 36.4 Å². The molecule has 8 heteroatoms. The molecule has 6 nitrogen and oxygen atoms in total. The van der Waals surface area contributed by atoms with Crippen molar-refractivity contribution in [3.05, 3.63) is 47.2 Å². The van der Waals surface area contributed by atoms with Crippen LogP contribution < -0.4 is 19.7 Å². The van der Waals surface area contributed by atoms with Crippen LogP contribution in [0.2, 0.25) is 5.02 Å². The predicted molar refractivity (Wildman–Crippen MR) is 100 cm³/mol. The van der Waals surface area contributed by atoms with Crippen molar-refractivity contribution in [1.29, 1.82) is 0 Å². The molecule has 1 aliphatic rings. The Bertz CT molecular complexity index is 873. The maximum absolute atomic E-state index is 13.0. The maximum Gasteiger partial charge on any atom is 0.229 e. The third kappa shape index (κ3) is 3.98. The molecule has 0 aliphatic carbocycles. The topological polar surface area (TPSA) is 67.9 Å². The minimum absolute atomic E-state index is 0.0554. The Hall–Kier alpha value is -2.80. The van der Waals surface area contributed by atoms with Crippen LogP contribution in [-0.4, -0.2) is 32.6 Å². The number of hydrogen-bond donors (Lipinski definition) is 1. The summed E-state index contributed by atoms with van der Waals surface area (Å²) in [4.78, 5) is 26.4. The minimum Gasteiger partial charge on any atom is -0.495 e. The van der Waals surface area contributed by atoms with E-state index in [0.717, 1.165) is 0 Å². The molecule has 3 rings (SSSR count). The van der Waals surface area contributed by atoms with Gasteiger partial charge >= 0.3 is 0 Å². The average molecular weight is 393 g/mol. The van der Waals surface area contributed by atoms with Crippen molar-refractivity contribution < 1.29 is 23.5 Å². The molecule has 0 spiro atoms. The van der Waals surface area contributed by atoms with E-state index in [1.165, 1.54) is 43.4 Å². The third-order valence-electron chi connectivity index (χ3n) is 4.35. The summed E-state index contributed by atoms with van der Waals surface area (Å²) in [5, 5.41) is 3.03. The Morgan fingerprint density at radius 1 is 1.19 bits per heavy atom. The first-order valence-electron chi connectivity index (χ1n) is 8.21. The van der Waals surface area contributed by atoms with Crippen molar-refractivity contribution in [2.24, 2.45) is 5.92 Å². The van der Waals surface area contributed by atoms with Crippen LogP contribution in [0, 0.1) is 11.7 Å². The zero-order valence-corrected chi connectivity index (χ0v) is 15.5. The van der Waals surface area contributed by atoms with Crippen molar-refractivity contribution in [3.63, 3.8) is 0 Å². The first kappa shape index (κ1) is 19.0. The van der Waals surface area contributed by atoms with Crippen molar-refractivity contribution >= 4 is 34.8 Å². The second kappa shape index (κ2) is 7.84. The fraction of sp³-hybridized carbons (Fsp3) is 0.263. The van der Waals surface area contributed by atoms with Crippen LogP contribution >= 0.6 is 11.6 Å². The number of carbonyl (C=O) groups excluding carboxylic acids is 2. The van der Waals surface area contributed by atoms with Gasteiger partial charge in [-0.25, -0.2) is 4.39 Å². The molecule has 1 fully saturated rings. The van der Waals surface area contributed by atoms with Gasteiger partial charge in [-0.3, -0.25) is 9.59 Å². The van der Waals surface area contributed by atoms with Gasteiger partial charge in [-0.15, -0.1) is 0 Å². The van der Waals surface area contributed by atoms with E-state index in [0.29, 0.717) is 27.9 Å². The van der Waals surface area contributed by atoms with Gasteiger partial charge in [0, 0.05) is 24.7 Å². The molecule has 1 heterocycles. The number of nitrogens with zero attached hydrogens (tertiary/aromatic N) is 1. The van der Waals surface area contributed by atoms with Gasteiger partial charge in [0.1, 0.15) is 17.3 Å². The molecule has 1 saturated heterocycles. The van der Waals surface area contributed by atoms with Gasteiger partial charge in [-0.05, 0) is 30.3 Å². The fourth-order valence-electron chi connectivity index (χ4n) is 2.95. The molecule has 2 aromatic carbocycles. The van der Waals surface area contributed by atoms with E-state index in [1.54, 1.807) is 12.1 Å². The van der Waals surface area contributed by atoms with E-state index in [-0.39, 0.29) is 24.8 Å². The number of halogens is 2. The first-order chi connectivity index (χ1) is 12.9. The number of amides is 2. The normalized spacial score (nSPS) is 16.4. The second-order valence-electron chi connectivity index (χ2n) is 6.06. The SMILES string of the molecule is COc1cc(OC)c(N2C[C@H](C(=O)Nc3ccc(F)cc3)CC2=O)cc1Cl. The molecule has 0 bridgehead atoms. The number of rotatable bonds is 5. The summed E-state index contributed by atoms with van der Waals surface area (Å²) in [6, 6.07) is 8.62. The van der Waals surface area contributed by atoms with Gasteiger partial charge in [0.05, 0.1) is 30.8 Å². The van der Waals surface area contributed by atoms with Crippen molar-refractivity contribution in [3.8, 4) is 11.5 Å². The van der Waals surface area contributed by atoms with E-state index in [1.807, 2.05) is 0 Å². The summed E-state index contributed by atoms with van der Waals surface area (Å²) < 4.78 is 23.5. The molecule has 142 valence electrons. The lowest BCUT2D eigenvalue weighted by atomic mass is 10.1. The zero-order valence-electron chi connectivity index (χ0n) is 14.8. The Labute approximate surface area is 160 Å². The van der Waals surface area contributed by atoms with Crippen LogP contribution in [0.3, 0.4) is 0 Å². The zero-order chi connectivity index (χ0) is 19.6. The third-order valence-corrected chi connectivity index (χ3v) is 4.65. The van der Waals surface area contributed by atoms with Crippen molar-refractivity contribution in [1.82, 2.24) is 0 Å². The highest BCUT2D eigenvalue weighted by molar-refractivity contribution is 6.32. The molecule has 27 heavy (non-hydrogen) atoms. The van der Waals surface area contributed by atoms with E-state index in [9.17, 15) is 14.0 Å². The lowest BCUT2D eigenvalue weighted by Gasteiger charge is -2.21. The highest BCUT2D eigenvalue weighted by Crippen LogP contribution is 2.40. The summed E-state index contributed by atoms with van der Waals surface area (Å²) in [5.41, 5.74) is 0.947. The number of anilines is 2. The molecule has 0 radical (unpaired) electrons. The monoisotopic (exact) mass is 392 g/mol. The Morgan fingerprint density at radius 3 is 2.48 bits per heavy atom. The summed E-state index contributed by atoms with van der Waals surface area (Å²) in [6.45, 7) is 0.185. The molecular weight excluding hydrogens is 375 g/mol. The summed E-state index contributed by atoms with van der Waals surface area (Å²) >= 11 is 6.18. The van der Waals surface area contributed by atoms with Gasteiger partial charge in [-0.1, -0.05) is 11.6 Å². The summed E-state index contributed by atoms with van der Waals surface area (Å²) in [7, 11) is 2.96. The summed E-state index contributed by atoms with van der Waals surface area (Å²) in [5.74, 6) is -0.615. The lowest BCUT2D eigenvalue weighted by molar-refractivity contribution is -0.122. The highest BCUT2D eigenvalue weighted by Gasteiger charge is 2.36. The molecule has 0 aromatic heterocycles. The maximum atomic E-state index is 13.0. The van der Waals surface area contributed by atoms with Crippen LogP contribution in [0.25, 0.3) is 0 Å². The molecule has 2 amide bonds. The Balaban J connectivity index is 1.78. The molecule has 2 aromatic rings. The van der Waals surface area contributed by atoms with Crippen LogP contribution in [-0.2, 0) is 9.59 Å². The van der Waals surface area contributed by atoms with Gasteiger partial charge in [0.25, 0.3) is 0 Å². The Kier molecular flexibility index (Phi) is 5.51. The number of carbonyl (C=O) groups is 2. The van der Waals surface area contributed by atoms with Crippen LogP contribution in [0.1, 0.15) is 6.42 Å². The molecule has 1 aliphatic heterocycles. The molecule has 1 atom stereocenters. The second-order valence-corrected chi connectivity index (χ2v) is 6.47. The van der Waals surface area contributed by atoms with Gasteiger partial charge < -0.3 is 19.7 Å². The standard InChI is InChI=1S/C19H18ClFN2O4/c1-26-16-9-17(27-2)15(8-14(16)20)23-10-11(7-18(23)24)19(25)22-13-5-3-12(21)4-6-13/h3-6,8-9,11H,7,10H2,1-2H3,(H,22,25)/t11-/m1/s1. The summed E-state index contributed by atoms with van der Waals surface area (Å²) in [6.07, 6.45) is 0.0554. The molecule has 1 N–H and O–H groups in total. The van der Waals surface area contributed by atoms with E-state index in [4.69, 9.17) is 21.1 Å². The number of nitrogens with one attached hydrogen (secondary N) is 1. The number of benzene rings is 2. The minimum atomic E-state index is -0.548. The first-order valence-corrected chi connectivity index (χ1v) is 8.59. The number of hydrogen-bond acceptors (Lipinski definition) is 4. The van der Waals surface area contributed by atoms with Gasteiger partial charge in [0.15, 0.2) is 0 Å². The molecule has 0 unspecified atom stereocenters. The van der Waals surface area contributed by atoms with Crippen molar-refractivity contribution in [2.75, 3.05) is 31.0 Å². The smallest absolute Gasteiger partial charge is 0.229 e. The number of ether oxygens (including phenoxy) is 2. The average Bonchev–Trinajstić information content (AvgIpc) is 3.05. The van der Waals surface area contributed by atoms with Crippen LogP contribution in [0.5, 0.6) is 11.5 Å². The molecular formula is C19H18ClFN2O4. The quantitative estimate of drug-likeness (QED) is 0.845. The van der Waals surface area contributed by atoms with Gasteiger partial charge in [-0.2, -0.15) is 0 Å². The predicted octanol–water partition coefficient (Wildman–Crippen LogP) is 3.49. The van der Waals surface area contributed by atoms with E-state index >= 15 is 0 Å². The number of methoxy groups -OCH3 is 2. The van der Waals surface area contributed by atoms with Crippen LogP contribution in [0.4, 0.5) is 15.8 Å². The largest absolute Gasteiger partial charge is 0.495 e.